The molecular formula is C6H15ClN2. The minimum atomic E-state index is 0. The van der Waals surface area contributed by atoms with E-state index in [9.17, 15) is 0 Å². The molecule has 3 heteroatoms. The first-order valence-electron chi connectivity index (χ1n) is 3.20. The van der Waals surface area contributed by atoms with Gasteiger partial charge in [-0.15, -0.1) is 12.4 Å². The fourth-order valence-corrected chi connectivity index (χ4v) is 0.971. The van der Waals surface area contributed by atoms with E-state index in [1.165, 1.54) is 0 Å². The molecule has 0 bridgehead atoms. The highest BCUT2D eigenvalue weighted by atomic mass is 35.5. The van der Waals surface area contributed by atoms with E-state index in [1.54, 1.807) is 0 Å². The third-order valence-corrected chi connectivity index (χ3v) is 1.88. The number of nitrogens with two attached hydrogens (primary N) is 1. The Morgan fingerprint density at radius 2 is 1.89 bits per heavy atom. The maximum atomic E-state index is 5.44. The van der Waals surface area contributed by atoms with E-state index >= 15 is 0 Å². The van der Waals surface area contributed by atoms with Gasteiger partial charge < -0.3 is 0 Å². The van der Waals surface area contributed by atoms with Crippen LogP contribution in [0.25, 0.3) is 0 Å². The van der Waals surface area contributed by atoms with Crippen LogP contribution < -0.4 is 5.84 Å². The van der Waals surface area contributed by atoms with Crippen LogP contribution in [0.3, 0.4) is 0 Å². The van der Waals surface area contributed by atoms with Gasteiger partial charge in [0.15, 0.2) is 0 Å². The molecular weight excluding hydrogens is 136 g/mol. The van der Waals surface area contributed by atoms with E-state index < -0.39 is 0 Å². The zero-order valence-electron chi connectivity index (χ0n) is 6.00. The molecule has 0 aromatic carbocycles. The van der Waals surface area contributed by atoms with Gasteiger partial charge in [-0.1, -0.05) is 13.8 Å². The van der Waals surface area contributed by atoms with Crippen LogP contribution in [0.4, 0.5) is 0 Å². The summed E-state index contributed by atoms with van der Waals surface area (Å²) in [6.45, 7) is 6.69. The first-order chi connectivity index (χ1) is 3.70. The van der Waals surface area contributed by atoms with Crippen LogP contribution in [0, 0.1) is 11.8 Å². The third-order valence-electron chi connectivity index (χ3n) is 1.88. The monoisotopic (exact) mass is 150 g/mol. The van der Waals surface area contributed by atoms with E-state index in [1.807, 2.05) is 5.01 Å². The Kier molecular flexibility index (Phi) is 3.48. The fourth-order valence-electron chi connectivity index (χ4n) is 0.971. The normalized spacial score (nSPS) is 21.3. The summed E-state index contributed by atoms with van der Waals surface area (Å²) < 4.78 is 0. The zero-order chi connectivity index (χ0) is 6.15. The summed E-state index contributed by atoms with van der Waals surface area (Å²) in [5.41, 5.74) is 0. The third kappa shape index (κ3) is 2.12. The van der Waals surface area contributed by atoms with Crippen molar-refractivity contribution in [1.29, 1.82) is 0 Å². The van der Waals surface area contributed by atoms with E-state index in [2.05, 4.69) is 13.8 Å². The van der Waals surface area contributed by atoms with E-state index in [0.717, 1.165) is 24.9 Å². The summed E-state index contributed by atoms with van der Waals surface area (Å²) in [5, 5.41) is 1.87. The van der Waals surface area contributed by atoms with Gasteiger partial charge in [-0.2, -0.15) is 0 Å². The molecule has 0 atom stereocenters. The van der Waals surface area contributed by atoms with Crippen LogP contribution in [-0.4, -0.2) is 18.1 Å². The van der Waals surface area contributed by atoms with E-state index in [-0.39, 0.29) is 12.4 Å². The maximum absolute atomic E-state index is 5.44. The Labute approximate surface area is 62.8 Å². The summed E-state index contributed by atoms with van der Waals surface area (Å²) in [7, 11) is 0. The maximum Gasteiger partial charge on any atom is 0.0172 e. The minimum absolute atomic E-state index is 0. The van der Waals surface area contributed by atoms with Crippen molar-refractivity contribution >= 4 is 12.4 Å². The quantitative estimate of drug-likeness (QED) is 0.563. The number of rotatable bonds is 1. The highest BCUT2D eigenvalue weighted by molar-refractivity contribution is 5.85. The molecule has 56 valence electrons. The van der Waals surface area contributed by atoms with Crippen LogP contribution in [0.2, 0.25) is 0 Å². The Bertz CT molecular complexity index is 79.1. The average molecular weight is 151 g/mol. The standard InChI is InChI=1S/C6H14N2.ClH/c1-5(2)6-3-8(7)4-6;/h5-6H,3-4,7H2,1-2H3;1H. The molecule has 0 unspecified atom stereocenters. The average Bonchev–Trinajstić information content (AvgIpc) is 1.57. The number of halogens is 1. The molecule has 9 heavy (non-hydrogen) atoms. The van der Waals surface area contributed by atoms with Crippen molar-refractivity contribution in [1.82, 2.24) is 5.01 Å². The SMILES string of the molecule is CC(C)C1CN(N)C1.Cl. The van der Waals surface area contributed by atoms with E-state index in [4.69, 9.17) is 5.84 Å². The molecule has 0 amide bonds. The molecule has 0 spiro atoms. The number of hydrogen-bond acceptors (Lipinski definition) is 2. The summed E-state index contributed by atoms with van der Waals surface area (Å²) in [5.74, 6) is 7.12. The summed E-state index contributed by atoms with van der Waals surface area (Å²) in [4.78, 5) is 0. The molecule has 0 aliphatic carbocycles. The second kappa shape index (κ2) is 3.40. The molecule has 1 heterocycles. The molecule has 1 saturated heterocycles. The van der Waals surface area contributed by atoms with Gasteiger partial charge >= 0.3 is 0 Å². The fraction of sp³-hybridized carbons (Fsp3) is 1.00. The van der Waals surface area contributed by atoms with Crippen LogP contribution in [0.5, 0.6) is 0 Å². The van der Waals surface area contributed by atoms with Gasteiger partial charge in [-0.05, 0) is 11.8 Å². The first-order valence-corrected chi connectivity index (χ1v) is 3.20. The highest BCUT2D eigenvalue weighted by Crippen LogP contribution is 2.19. The van der Waals surface area contributed by atoms with Gasteiger partial charge in [0.2, 0.25) is 0 Å². The van der Waals surface area contributed by atoms with Crippen molar-refractivity contribution in [2.24, 2.45) is 17.7 Å². The van der Waals surface area contributed by atoms with Crippen molar-refractivity contribution in [2.45, 2.75) is 13.8 Å². The molecule has 2 N–H and O–H groups in total. The predicted octanol–water partition coefficient (Wildman–Crippen LogP) is 0.870. The molecule has 2 nitrogen and oxygen atoms in total. The second-order valence-electron chi connectivity index (χ2n) is 2.96. The van der Waals surface area contributed by atoms with Crippen LogP contribution in [0.1, 0.15) is 13.8 Å². The summed E-state index contributed by atoms with van der Waals surface area (Å²) >= 11 is 0. The largest absolute Gasteiger partial charge is 0.269 e. The number of hydrazine groups is 1. The molecule has 0 aromatic rings. The summed E-state index contributed by atoms with van der Waals surface area (Å²) in [6.07, 6.45) is 0. The molecule has 1 rings (SSSR count). The van der Waals surface area contributed by atoms with Crippen molar-refractivity contribution < 1.29 is 0 Å². The van der Waals surface area contributed by atoms with Gasteiger partial charge in [-0.3, -0.25) is 5.84 Å². The topological polar surface area (TPSA) is 29.3 Å². The predicted molar refractivity (Wildman–Crippen MR) is 41.3 cm³/mol. The molecule has 0 aromatic heterocycles. The van der Waals surface area contributed by atoms with Gasteiger partial charge in [0, 0.05) is 13.1 Å². The minimum Gasteiger partial charge on any atom is -0.269 e. The Hall–Kier alpha value is 0.210. The first kappa shape index (κ1) is 9.21. The Morgan fingerprint density at radius 3 is 2.00 bits per heavy atom. The van der Waals surface area contributed by atoms with Gasteiger partial charge in [-0.25, -0.2) is 5.01 Å². The Morgan fingerprint density at radius 1 is 1.44 bits per heavy atom. The highest BCUT2D eigenvalue weighted by Gasteiger charge is 2.25. The number of hydrogen-bond donors (Lipinski definition) is 1. The van der Waals surface area contributed by atoms with Crippen molar-refractivity contribution in [3.8, 4) is 0 Å². The molecule has 1 aliphatic rings. The van der Waals surface area contributed by atoms with Crippen LogP contribution in [-0.2, 0) is 0 Å². The number of nitrogens with zero attached hydrogens (tertiary/aromatic N) is 1. The molecule has 1 aliphatic heterocycles. The van der Waals surface area contributed by atoms with Gasteiger partial charge in [0.25, 0.3) is 0 Å². The van der Waals surface area contributed by atoms with Crippen molar-refractivity contribution in [3.05, 3.63) is 0 Å². The zero-order valence-corrected chi connectivity index (χ0v) is 6.82. The molecule has 0 radical (unpaired) electrons. The summed E-state index contributed by atoms with van der Waals surface area (Å²) in [6, 6.07) is 0. The lowest BCUT2D eigenvalue weighted by atomic mass is 9.90. The van der Waals surface area contributed by atoms with Crippen LogP contribution in [0.15, 0.2) is 0 Å². The lowest BCUT2D eigenvalue weighted by molar-refractivity contribution is 0.0691. The van der Waals surface area contributed by atoms with E-state index in [0.29, 0.717) is 0 Å². The smallest absolute Gasteiger partial charge is 0.0172 e. The lowest BCUT2D eigenvalue weighted by Crippen LogP contribution is -2.52. The van der Waals surface area contributed by atoms with Crippen LogP contribution >= 0.6 is 12.4 Å². The van der Waals surface area contributed by atoms with Gasteiger partial charge in [0.05, 0.1) is 0 Å². The Balaban J connectivity index is 0.000000640. The van der Waals surface area contributed by atoms with Gasteiger partial charge in [0.1, 0.15) is 0 Å². The molecule has 0 saturated carbocycles. The second-order valence-corrected chi connectivity index (χ2v) is 2.96. The lowest BCUT2D eigenvalue weighted by Gasteiger charge is -2.38. The molecule has 1 fully saturated rings. The van der Waals surface area contributed by atoms with Crippen molar-refractivity contribution in [2.75, 3.05) is 13.1 Å². The van der Waals surface area contributed by atoms with Crippen molar-refractivity contribution in [3.63, 3.8) is 0 Å².